The number of aliphatic hydroxyl groups excluding tert-OH is 1. The number of allylic oxidation sites excluding steroid dienone is 2. The summed E-state index contributed by atoms with van der Waals surface area (Å²) in [7, 11) is 0. The second kappa shape index (κ2) is 17.4. The van der Waals surface area contributed by atoms with Crippen molar-refractivity contribution in [3.05, 3.63) is 104 Å². The van der Waals surface area contributed by atoms with E-state index in [9.17, 15) is 24.3 Å². The van der Waals surface area contributed by atoms with Gasteiger partial charge in [0.2, 0.25) is 11.8 Å². The van der Waals surface area contributed by atoms with Crippen LogP contribution in [0.25, 0.3) is 10.8 Å². The number of amides is 3. The lowest BCUT2D eigenvalue weighted by molar-refractivity contribution is -0.150. The summed E-state index contributed by atoms with van der Waals surface area (Å²) in [6.45, 7) is 8.42. The molecule has 0 heterocycles. The summed E-state index contributed by atoms with van der Waals surface area (Å²) >= 11 is 0. The predicted molar refractivity (Wildman–Crippen MR) is 172 cm³/mol. The number of ether oxygens (including phenoxy) is 1. The Bertz CT molecular complexity index is 1440. The molecule has 4 atom stereocenters. The highest BCUT2D eigenvalue weighted by molar-refractivity contribution is 5.99. The van der Waals surface area contributed by atoms with Gasteiger partial charge in [-0.05, 0) is 54.7 Å². The number of carbonyl (C=O) groups excluding carboxylic acids is 4. The van der Waals surface area contributed by atoms with Crippen molar-refractivity contribution in [2.75, 3.05) is 18.5 Å². The van der Waals surface area contributed by atoms with Gasteiger partial charge >= 0.3 is 5.97 Å². The van der Waals surface area contributed by atoms with Crippen molar-refractivity contribution in [2.45, 2.75) is 44.7 Å². The second-order valence-electron chi connectivity index (χ2n) is 10.7. The fraction of sp³-hybridized carbons (Fsp3) is 0.314. The van der Waals surface area contributed by atoms with E-state index in [2.05, 4.69) is 29.1 Å². The van der Waals surface area contributed by atoms with Crippen LogP contribution in [-0.2, 0) is 30.3 Å². The summed E-state index contributed by atoms with van der Waals surface area (Å²) in [5.41, 5.74) is 1.46. The lowest BCUT2D eigenvalue weighted by Crippen LogP contribution is -2.50. The van der Waals surface area contributed by atoms with Crippen LogP contribution in [0, 0.1) is 11.8 Å². The molecule has 3 aromatic rings. The number of benzene rings is 3. The molecule has 0 aromatic heterocycles. The smallest absolute Gasteiger partial charge is 0.309 e. The minimum absolute atomic E-state index is 0.171. The van der Waals surface area contributed by atoms with E-state index in [1.807, 2.05) is 66.7 Å². The number of anilines is 1. The number of nitrogens with one attached hydrogen (secondary N) is 3. The lowest BCUT2D eigenvalue weighted by atomic mass is 9.96. The summed E-state index contributed by atoms with van der Waals surface area (Å²) in [4.78, 5) is 52.5. The van der Waals surface area contributed by atoms with Gasteiger partial charge in [-0.15, -0.1) is 13.2 Å². The molecule has 0 saturated heterocycles. The molecule has 4 N–H and O–H groups in total. The molecule has 0 aliphatic rings. The van der Waals surface area contributed by atoms with Crippen molar-refractivity contribution >= 4 is 40.2 Å². The van der Waals surface area contributed by atoms with E-state index < -0.39 is 54.2 Å². The molecule has 0 saturated carbocycles. The largest absolute Gasteiger partial charge is 0.463 e. The summed E-state index contributed by atoms with van der Waals surface area (Å²) in [6.07, 6.45) is 3.94. The second-order valence-corrected chi connectivity index (χ2v) is 10.7. The Hall–Kier alpha value is -4.76. The Kier molecular flexibility index (Phi) is 13.3. The van der Waals surface area contributed by atoms with Gasteiger partial charge < -0.3 is 25.8 Å². The average molecular weight is 600 g/mol. The predicted octanol–water partition coefficient (Wildman–Crippen LogP) is 4.32. The fourth-order valence-corrected chi connectivity index (χ4v) is 4.70. The molecule has 0 aliphatic heterocycles. The number of aliphatic hydroxyl groups is 1. The molecule has 0 unspecified atom stereocenters. The van der Waals surface area contributed by atoms with Crippen molar-refractivity contribution in [3.8, 4) is 0 Å². The van der Waals surface area contributed by atoms with Gasteiger partial charge in [0.25, 0.3) is 5.91 Å². The Morgan fingerprint density at radius 2 is 1.50 bits per heavy atom. The van der Waals surface area contributed by atoms with Gasteiger partial charge in [0, 0.05) is 18.2 Å². The van der Waals surface area contributed by atoms with Crippen LogP contribution in [0.2, 0.25) is 0 Å². The van der Waals surface area contributed by atoms with Crippen LogP contribution in [0.5, 0.6) is 0 Å². The van der Waals surface area contributed by atoms with Gasteiger partial charge in [0.15, 0.2) is 0 Å². The zero-order chi connectivity index (χ0) is 31.9. The van der Waals surface area contributed by atoms with Gasteiger partial charge in [-0.25, -0.2) is 0 Å². The van der Waals surface area contributed by atoms with Crippen LogP contribution < -0.4 is 16.0 Å². The van der Waals surface area contributed by atoms with Crippen molar-refractivity contribution in [1.29, 1.82) is 0 Å². The summed E-state index contributed by atoms with van der Waals surface area (Å²) in [6, 6.07) is 20.9. The molecular weight excluding hydrogens is 558 g/mol. The Morgan fingerprint density at radius 1 is 0.841 bits per heavy atom. The maximum absolute atomic E-state index is 13.5. The number of rotatable bonds is 17. The van der Waals surface area contributed by atoms with Gasteiger partial charge in [-0.1, -0.05) is 72.8 Å². The SMILES string of the molecule is C=CC[C@@H](CC(=O)N[C@@H](C)CO)C(=O)N[C@@H](COC(=O)[C@H](CC=C)Cc1ccccc1)C(=O)Nc1ccc2ccccc2c1. The molecule has 232 valence electrons. The van der Waals surface area contributed by atoms with Gasteiger partial charge in [0.1, 0.15) is 12.6 Å². The third-order valence-corrected chi connectivity index (χ3v) is 7.09. The number of hydrogen-bond acceptors (Lipinski definition) is 6. The molecule has 0 radical (unpaired) electrons. The lowest BCUT2D eigenvalue weighted by Gasteiger charge is -2.23. The monoisotopic (exact) mass is 599 g/mol. The molecule has 0 aliphatic carbocycles. The van der Waals surface area contributed by atoms with Crippen LogP contribution in [0.4, 0.5) is 5.69 Å². The Morgan fingerprint density at radius 3 is 2.18 bits per heavy atom. The van der Waals surface area contributed by atoms with Crippen molar-refractivity contribution in [1.82, 2.24) is 10.6 Å². The van der Waals surface area contributed by atoms with Gasteiger partial charge in [-0.3, -0.25) is 19.2 Å². The molecule has 0 bridgehead atoms. The molecule has 3 rings (SSSR count). The highest BCUT2D eigenvalue weighted by atomic mass is 16.5. The van der Waals surface area contributed by atoms with Crippen LogP contribution in [0.3, 0.4) is 0 Å². The van der Waals surface area contributed by atoms with Crippen LogP contribution in [0.1, 0.15) is 31.7 Å². The Balaban J connectivity index is 1.78. The molecule has 3 aromatic carbocycles. The van der Waals surface area contributed by atoms with Crippen LogP contribution in [-0.4, -0.2) is 54.1 Å². The maximum atomic E-state index is 13.5. The third-order valence-electron chi connectivity index (χ3n) is 7.09. The number of esters is 1. The molecule has 9 heteroatoms. The Labute approximate surface area is 258 Å². The minimum atomic E-state index is -1.24. The molecule has 0 spiro atoms. The van der Waals surface area contributed by atoms with Gasteiger partial charge in [-0.2, -0.15) is 0 Å². The number of hydrogen-bond donors (Lipinski definition) is 4. The van der Waals surface area contributed by atoms with Crippen LogP contribution >= 0.6 is 0 Å². The van der Waals surface area contributed by atoms with E-state index in [1.165, 1.54) is 6.08 Å². The zero-order valence-electron chi connectivity index (χ0n) is 25.0. The van der Waals surface area contributed by atoms with E-state index in [0.29, 0.717) is 18.5 Å². The first-order valence-electron chi connectivity index (χ1n) is 14.7. The van der Waals surface area contributed by atoms with Gasteiger partial charge in [0.05, 0.1) is 18.4 Å². The normalized spacial score (nSPS) is 13.5. The van der Waals surface area contributed by atoms with E-state index in [-0.39, 0.29) is 19.4 Å². The van der Waals surface area contributed by atoms with E-state index in [4.69, 9.17) is 4.74 Å². The summed E-state index contributed by atoms with van der Waals surface area (Å²) < 4.78 is 5.62. The summed E-state index contributed by atoms with van der Waals surface area (Å²) in [5, 5.41) is 19.3. The topological polar surface area (TPSA) is 134 Å². The highest BCUT2D eigenvalue weighted by Gasteiger charge is 2.29. The fourth-order valence-electron chi connectivity index (χ4n) is 4.70. The van der Waals surface area contributed by atoms with Crippen molar-refractivity contribution in [2.24, 2.45) is 11.8 Å². The van der Waals surface area contributed by atoms with Crippen molar-refractivity contribution < 1.29 is 29.0 Å². The number of carbonyl (C=O) groups is 4. The molecule has 9 nitrogen and oxygen atoms in total. The average Bonchev–Trinajstić information content (AvgIpc) is 3.02. The molecule has 0 fully saturated rings. The highest BCUT2D eigenvalue weighted by Crippen LogP contribution is 2.20. The third kappa shape index (κ3) is 10.5. The van der Waals surface area contributed by atoms with Crippen LogP contribution in [0.15, 0.2) is 98.1 Å². The molecular formula is C35H41N3O6. The quantitative estimate of drug-likeness (QED) is 0.135. The minimum Gasteiger partial charge on any atom is -0.463 e. The molecule has 3 amide bonds. The standard InChI is InChI=1S/C35H41N3O6/c1-4-11-28(21-32(40)36-24(3)22-39)33(41)38-31(34(42)37-30-18-17-26-15-9-10-16-27(26)20-30)23-44-35(43)29(12-5-2)19-25-13-7-6-8-14-25/h4-10,13-18,20,24,28-29,31,39H,1-2,11-12,19,21-23H2,3H3,(H,36,40)(H,37,42)(H,38,41)/t24-,28-,29+,31-/m0/s1. The number of fused-ring (bicyclic) bond motifs is 1. The maximum Gasteiger partial charge on any atom is 0.309 e. The first kappa shape index (κ1) is 33.7. The zero-order valence-corrected chi connectivity index (χ0v) is 25.0. The van der Waals surface area contributed by atoms with Crippen molar-refractivity contribution in [3.63, 3.8) is 0 Å². The van der Waals surface area contributed by atoms with E-state index in [0.717, 1.165) is 16.3 Å². The molecule has 44 heavy (non-hydrogen) atoms. The van der Waals surface area contributed by atoms with E-state index in [1.54, 1.807) is 19.1 Å². The first-order valence-corrected chi connectivity index (χ1v) is 14.7. The van der Waals surface area contributed by atoms with E-state index >= 15 is 0 Å². The summed E-state index contributed by atoms with van der Waals surface area (Å²) in [5.74, 6) is -3.46. The first-order chi connectivity index (χ1) is 21.2.